The van der Waals surface area contributed by atoms with Crippen LogP contribution in [-0.4, -0.2) is 17.7 Å². The summed E-state index contributed by atoms with van der Waals surface area (Å²) >= 11 is 0. The number of hydrogen-bond donors (Lipinski definition) is 2. The van der Waals surface area contributed by atoms with Crippen LogP contribution in [0.25, 0.3) is 0 Å². The predicted octanol–water partition coefficient (Wildman–Crippen LogP) is 0.917. The van der Waals surface area contributed by atoms with Crippen molar-refractivity contribution in [2.24, 2.45) is 0 Å². The van der Waals surface area contributed by atoms with Crippen LogP contribution in [0.3, 0.4) is 0 Å². The third-order valence-corrected chi connectivity index (χ3v) is 4.25. The summed E-state index contributed by atoms with van der Waals surface area (Å²) in [5.41, 5.74) is 0. The molecule has 0 aromatic rings. The van der Waals surface area contributed by atoms with Crippen LogP contribution in [0.4, 0.5) is 0 Å². The van der Waals surface area contributed by atoms with Gasteiger partial charge in [-0.1, -0.05) is 12.2 Å². The molecule has 1 atom stereocenters. The Morgan fingerprint density at radius 2 is 2.18 bits per heavy atom. The van der Waals surface area contributed by atoms with Crippen molar-refractivity contribution < 1.29 is 4.79 Å². The van der Waals surface area contributed by atoms with Gasteiger partial charge in [0, 0.05) is 18.2 Å². The normalized spacial score (nSPS) is 31.5. The zero-order chi connectivity index (χ0) is 7.68. The van der Waals surface area contributed by atoms with Crippen LogP contribution in [-0.2, 0) is 4.79 Å². The van der Waals surface area contributed by atoms with E-state index in [1.807, 2.05) is 0 Å². The van der Waals surface area contributed by atoms with Gasteiger partial charge in [-0.15, -0.1) is 0 Å². The molecule has 2 aliphatic rings. The Kier molecular flexibility index (Phi) is 1.74. The summed E-state index contributed by atoms with van der Waals surface area (Å²) < 4.78 is 0. The summed E-state index contributed by atoms with van der Waals surface area (Å²) in [6.07, 6.45) is 4.88. The Labute approximate surface area is 68.7 Å². The average molecular weight is 169 g/mol. The van der Waals surface area contributed by atoms with E-state index in [0.717, 1.165) is 13.0 Å². The third-order valence-electron chi connectivity index (χ3n) is 2.01. The van der Waals surface area contributed by atoms with E-state index in [2.05, 4.69) is 28.3 Å². The molecule has 1 amide bonds. The highest BCUT2D eigenvalue weighted by atomic mass is 32.2. The molecular weight excluding hydrogens is 158 g/mol. The van der Waals surface area contributed by atoms with Crippen molar-refractivity contribution in [2.45, 2.75) is 11.7 Å². The molecule has 1 N–H and O–H groups in total. The van der Waals surface area contributed by atoms with E-state index in [0.29, 0.717) is 5.25 Å². The van der Waals surface area contributed by atoms with E-state index < -0.39 is 0 Å². The van der Waals surface area contributed by atoms with Crippen LogP contribution in [0, 0.1) is 0 Å². The van der Waals surface area contributed by atoms with Gasteiger partial charge in [0.15, 0.2) is 0 Å². The van der Waals surface area contributed by atoms with E-state index in [1.54, 1.807) is 0 Å². The summed E-state index contributed by atoms with van der Waals surface area (Å²) in [4.78, 5) is 10.9. The molecule has 1 saturated heterocycles. The molecule has 1 unspecified atom stereocenters. The maximum Gasteiger partial charge on any atom is 0.221 e. The van der Waals surface area contributed by atoms with Gasteiger partial charge in [0.2, 0.25) is 5.91 Å². The second kappa shape index (κ2) is 2.74. The summed E-state index contributed by atoms with van der Waals surface area (Å²) in [5.74, 6) is 0.214. The van der Waals surface area contributed by atoms with E-state index in [-0.39, 0.29) is 16.8 Å². The van der Waals surface area contributed by atoms with E-state index in [1.165, 1.54) is 0 Å². The highest BCUT2D eigenvalue weighted by Crippen LogP contribution is 2.40. The minimum Gasteiger partial charge on any atom is -0.355 e. The van der Waals surface area contributed by atoms with Crippen LogP contribution >= 0.6 is 10.9 Å². The minimum absolute atomic E-state index is 0.117. The third kappa shape index (κ3) is 1.33. The fourth-order valence-corrected chi connectivity index (χ4v) is 3.25. The number of hydrogen-bond acceptors (Lipinski definition) is 1. The molecule has 1 fully saturated rings. The van der Waals surface area contributed by atoms with E-state index in [4.69, 9.17) is 0 Å². The summed E-state index contributed by atoms with van der Waals surface area (Å²) in [6.45, 7) is 0.874. The molecule has 0 spiro atoms. The van der Waals surface area contributed by atoms with Crippen LogP contribution in [0.15, 0.2) is 23.0 Å². The maximum absolute atomic E-state index is 10.9. The number of carbonyl (C=O) groups is 1. The number of rotatable bonds is 1. The van der Waals surface area contributed by atoms with E-state index >= 15 is 0 Å². The molecule has 11 heavy (non-hydrogen) atoms. The number of nitrogens with one attached hydrogen (secondary N) is 1. The number of carbonyl (C=O) groups excluding carboxylic acids is 1. The van der Waals surface area contributed by atoms with Crippen molar-refractivity contribution in [1.29, 1.82) is 0 Å². The van der Waals surface area contributed by atoms with Gasteiger partial charge in [-0.05, 0) is 10.8 Å². The van der Waals surface area contributed by atoms with Gasteiger partial charge in [0.1, 0.15) is 0 Å². The Bertz CT molecular complexity index is 222. The molecule has 0 aliphatic carbocycles. The Morgan fingerprint density at radius 3 is 2.73 bits per heavy atom. The van der Waals surface area contributed by atoms with Crippen molar-refractivity contribution in [1.82, 2.24) is 5.32 Å². The first-order chi connectivity index (χ1) is 5.36. The van der Waals surface area contributed by atoms with Crippen LogP contribution in [0.2, 0.25) is 0 Å². The van der Waals surface area contributed by atoms with Gasteiger partial charge in [0.25, 0.3) is 0 Å². The molecule has 0 saturated carbocycles. The van der Waals surface area contributed by atoms with Gasteiger partial charge in [-0.2, -0.15) is 0 Å². The topological polar surface area (TPSA) is 29.1 Å². The minimum atomic E-state index is -0.117. The largest absolute Gasteiger partial charge is 0.355 e. The smallest absolute Gasteiger partial charge is 0.221 e. The molecule has 0 bridgehead atoms. The lowest BCUT2D eigenvalue weighted by molar-refractivity contribution is -0.119. The van der Waals surface area contributed by atoms with Crippen molar-refractivity contribution in [3.63, 3.8) is 0 Å². The van der Waals surface area contributed by atoms with Crippen molar-refractivity contribution in [2.75, 3.05) is 6.54 Å². The van der Waals surface area contributed by atoms with Crippen LogP contribution in [0.5, 0.6) is 0 Å². The van der Waals surface area contributed by atoms with Gasteiger partial charge in [0.05, 0.1) is 0 Å². The molecule has 2 rings (SSSR count). The second-order valence-corrected chi connectivity index (χ2v) is 5.01. The van der Waals surface area contributed by atoms with Gasteiger partial charge in [-0.25, -0.2) is 10.9 Å². The lowest BCUT2D eigenvalue weighted by Gasteiger charge is -2.15. The summed E-state index contributed by atoms with van der Waals surface area (Å²) in [7, 11) is -0.117. The molecule has 0 aromatic heterocycles. The van der Waals surface area contributed by atoms with Crippen molar-refractivity contribution in [3.05, 3.63) is 23.0 Å². The molecule has 60 valence electrons. The summed E-state index contributed by atoms with van der Waals surface area (Å²) in [6, 6.07) is 0. The van der Waals surface area contributed by atoms with Crippen LogP contribution < -0.4 is 5.32 Å². The standard InChI is InChI=1S/C8H11NOS/c10-8-5-7(6-9-8)11-3-1-2-4-11/h1-4,7,11H,5-6H2,(H,9,10). The zero-order valence-corrected chi connectivity index (χ0v) is 7.05. The van der Waals surface area contributed by atoms with Crippen molar-refractivity contribution in [3.8, 4) is 0 Å². The lowest BCUT2D eigenvalue weighted by atomic mass is 10.4. The van der Waals surface area contributed by atoms with Gasteiger partial charge >= 0.3 is 0 Å². The molecule has 3 heteroatoms. The Balaban J connectivity index is 2.01. The first kappa shape index (κ1) is 6.98. The number of allylic oxidation sites excluding steroid dienone is 2. The first-order valence-electron chi connectivity index (χ1n) is 3.75. The molecule has 2 aliphatic heterocycles. The summed E-state index contributed by atoms with van der Waals surface area (Å²) in [5, 5.41) is 7.86. The number of thiol groups is 1. The average Bonchev–Trinajstić information content (AvgIpc) is 2.55. The monoisotopic (exact) mass is 169 g/mol. The molecule has 0 radical (unpaired) electrons. The molecular formula is C8H11NOS. The lowest BCUT2D eigenvalue weighted by Crippen LogP contribution is -2.14. The van der Waals surface area contributed by atoms with Gasteiger partial charge < -0.3 is 5.32 Å². The number of amides is 1. The van der Waals surface area contributed by atoms with E-state index in [9.17, 15) is 4.79 Å². The van der Waals surface area contributed by atoms with Crippen molar-refractivity contribution >= 4 is 16.8 Å². The SMILES string of the molecule is O=C1CC([SH]2C=CC=C2)CN1. The van der Waals surface area contributed by atoms with Crippen LogP contribution in [0.1, 0.15) is 6.42 Å². The maximum atomic E-state index is 10.9. The predicted molar refractivity (Wildman–Crippen MR) is 48.7 cm³/mol. The highest BCUT2D eigenvalue weighted by Gasteiger charge is 2.24. The Hall–Kier alpha value is -0.700. The highest BCUT2D eigenvalue weighted by molar-refractivity contribution is 8.22. The molecule has 0 aromatic carbocycles. The zero-order valence-electron chi connectivity index (χ0n) is 6.16. The second-order valence-electron chi connectivity index (χ2n) is 2.79. The Morgan fingerprint density at radius 1 is 1.45 bits per heavy atom. The fraction of sp³-hybridized carbons (Fsp3) is 0.375. The molecule has 2 heterocycles. The van der Waals surface area contributed by atoms with Gasteiger partial charge in [-0.3, -0.25) is 4.79 Å². The quantitative estimate of drug-likeness (QED) is 0.561. The molecule has 2 nitrogen and oxygen atoms in total. The fourth-order valence-electron chi connectivity index (χ4n) is 1.39. The first-order valence-corrected chi connectivity index (χ1v) is 5.30.